The van der Waals surface area contributed by atoms with Crippen molar-refractivity contribution in [3.63, 3.8) is 0 Å². The summed E-state index contributed by atoms with van der Waals surface area (Å²) < 4.78 is 7.99. The van der Waals surface area contributed by atoms with Gasteiger partial charge in [0.2, 0.25) is 0 Å². The van der Waals surface area contributed by atoms with Crippen molar-refractivity contribution >= 4 is 21.6 Å². The number of nitriles is 1. The zero-order valence-electron chi connectivity index (χ0n) is 9.51. The summed E-state index contributed by atoms with van der Waals surface area (Å²) in [6.45, 7) is 1.94. The van der Waals surface area contributed by atoms with Gasteiger partial charge in [0.15, 0.2) is 10.4 Å². The molecule has 0 spiro atoms. The molecule has 3 heterocycles. The van der Waals surface area contributed by atoms with Crippen molar-refractivity contribution in [2.24, 2.45) is 0 Å². The minimum atomic E-state index is 0.615. The Bertz CT molecular complexity index is 779. The Morgan fingerprint density at radius 2 is 2.22 bits per heavy atom. The predicted molar refractivity (Wildman–Crippen MR) is 70.0 cm³/mol. The van der Waals surface area contributed by atoms with Crippen molar-refractivity contribution < 1.29 is 4.42 Å². The summed E-state index contributed by atoms with van der Waals surface area (Å²) in [6, 6.07) is 7.64. The minimum Gasteiger partial charge on any atom is -0.448 e. The molecule has 0 aliphatic carbocycles. The molecule has 0 aliphatic heterocycles. The summed E-state index contributed by atoms with van der Waals surface area (Å²) in [7, 11) is 0. The first-order valence-corrected chi connectivity index (χ1v) is 6.12. The molecule has 0 fully saturated rings. The number of hydrogen-bond acceptors (Lipinski definition) is 3. The van der Waals surface area contributed by atoms with Gasteiger partial charge in [0.05, 0.1) is 5.56 Å². The number of hydrogen-bond donors (Lipinski definition) is 0. The van der Waals surface area contributed by atoms with E-state index in [9.17, 15) is 0 Å². The second-order valence-electron chi connectivity index (χ2n) is 3.98. The zero-order valence-corrected chi connectivity index (χ0v) is 11.1. The third-order valence-corrected chi connectivity index (χ3v) is 3.12. The summed E-state index contributed by atoms with van der Waals surface area (Å²) in [5.41, 5.74) is 3.16. The highest BCUT2D eigenvalue weighted by molar-refractivity contribution is 9.10. The first kappa shape index (κ1) is 11.1. The van der Waals surface area contributed by atoms with Crippen LogP contribution in [0, 0.1) is 18.3 Å². The van der Waals surface area contributed by atoms with Gasteiger partial charge in [-0.05, 0) is 46.6 Å². The Balaban J connectivity index is 2.23. The van der Waals surface area contributed by atoms with Crippen LogP contribution in [0.3, 0.4) is 0 Å². The number of imidazole rings is 1. The average Bonchev–Trinajstić information content (AvgIpc) is 2.94. The molecule has 0 saturated carbocycles. The van der Waals surface area contributed by atoms with Crippen LogP contribution in [0.15, 0.2) is 39.7 Å². The van der Waals surface area contributed by atoms with E-state index in [2.05, 4.69) is 27.0 Å². The molecule has 0 radical (unpaired) electrons. The second kappa shape index (κ2) is 4.00. The van der Waals surface area contributed by atoms with Gasteiger partial charge in [-0.25, -0.2) is 4.98 Å². The van der Waals surface area contributed by atoms with E-state index in [0.29, 0.717) is 16.0 Å². The first-order valence-electron chi connectivity index (χ1n) is 5.32. The molecule has 0 atom stereocenters. The van der Waals surface area contributed by atoms with Crippen LogP contribution < -0.4 is 0 Å². The van der Waals surface area contributed by atoms with Gasteiger partial charge in [-0.3, -0.25) is 0 Å². The lowest BCUT2D eigenvalue weighted by molar-refractivity contribution is 0.554. The number of aromatic nitrogens is 2. The molecular weight excluding hydrogens is 294 g/mol. The molecule has 4 nitrogen and oxygen atoms in total. The van der Waals surface area contributed by atoms with Gasteiger partial charge < -0.3 is 8.82 Å². The van der Waals surface area contributed by atoms with Crippen LogP contribution in [0.25, 0.3) is 17.1 Å². The van der Waals surface area contributed by atoms with Gasteiger partial charge in [-0.2, -0.15) is 5.26 Å². The van der Waals surface area contributed by atoms with Crippen molar-refractivity contribution in [1.82, 2.24) is 9.38 Å². The smallest absolute Gasteiger partial charge is 0.169 e. The summed E-state index contributed by atoms with van der Waals surface area (Å²) in [5.74, 6) is 0.698. The standard InChI is InChI=1S/C13H8BrN3O/c1-8-4-9(5-15)6-17-7-10(16-13(8)17)11-2-3-12(14)18-11/h2-4,6-7H,1H3. The highest BCUT2D eigenvalue weighted by Crippen LogP contribution is 2.25. The maximum Gasteiger partial charge on any atom is 0.169 e. The fourth-order valence-corrected chi connectivity index (χ4v) is 2.21. The lowest BCUT2D eigenvalue weighted by Crippen LogP contribution is -1.88. The molecule has 3 aromatic heterocycles. The van der Waals surface area contributed by atoms with Crippen molar-refractivity contribution in [3.8, 4) is 17.5 Å². The second-order valence-corrected chi connectivity index (χ2v) is 4.77. The Kier molecular flexibility index (Phi) is 2.46. The van der Waals surface area contributed by atoms with Gasteiger partial charge >= 0.3 is 0 Å². The van der Waals surface area contributed by atoms with E-state index in [1.807, 2.05) is 35.7 Å². The molecule has 18 heavy (non-hydrogen) atoms. The van der Waals surface area contributed by atoms with E-state index in [1.165, 1.54) is 0 Å². The Morgan fingerprint density at radius 3 is 2.89 bits per heavy atom. The molecule has 3 aromatic rings. The topological polar surface area (TPSA) is 54.2 Å². The van der Waals surface area contributed by atoms with Crippen LogP contribution in [0.2, 0.25) is 0 Å². The molecule has 0 aromatic carbocycles. The van der Waals surface area contributed by atoms with Crippen molar-refractivity contribution in [2.45, 2.75) is 6.92 Å². The Labute approximate surface area is 112 Å². The Morgan fingerprint density at radius 1 is 1.39 bits per heavy atom. The SMILES string of the molecule is Cc1cc(C#N)cn2cc(-c3ccc(Br)o3)nc12. The maximum atomic E-state index is 8.94. The number of halogens is 1. The molecule has 0 N–H and O–H groups in total. The van der Waals surface area contributed by atoms with Gasteiger partial charge in [0.25, 0.3) is 0 Å². The number of furan rings is 1. The number of aryl methyl sites for hydroxylation is 1. The normalized spacial score (nSPS) is 10.7. The fraction of sp³-hybridized carbons (Fsp3) is 0.0769. The molecule has 3 rings (SSSR count). The number of rotatable bonds is 1. The van der Waals surface area contributed by atoms with E-state index >= 15 is 0 Å². The van der Waals surface area contributed by atoms with E-state index in [4.69, 9.17) is 9.68 Å². The first-order chi connectivity index (χ1) is 8.67. The van der Waals surface area contributed by atoms with Crippen LogP contribution in [0.4, 0.5) is 0 Å². The zero-order chi connectivity index (χ0) is 12.7. The van der Waals surface area contributed by atoms with Crippen molar-refractivity contribution in [2.75, 3.05) is 0 Å². The number of nitrogens with zero attached hydrogens (tertiary/aromatic N) is 3. The van der Waals surface area contributed by atoms with E-state index < -0.39 is 0 Å². The van der Waals surface area contributed by atoms with Crippen LogP contribution in [0.5, 0.6) is 0 Å². The van der Waals surface area contributed by atoms with Crippen molar-refractivity contribution in [3.05, 3.63) is 46.4 Å². The van der Waals surface area contributed by atoms with Crippen LogP contribution >= 0.6 is 15.9 Å². The summed E-state index contributed by atoms with van der Waals surface area (Å²) >= 11 is 3.27. The molecule has 5 heteroatoms. The van der Waals surface area contributed by atoms with Gasteiger partial charge in [0.1, 0.15) is 17.4 Å². The lowest BCUT2D eigenvalue weighted by Gasteiger charge is -1.97. The van der Waals surface area contributed by atoms with Crippen LogP contribution in [0.1, 0.15) is 11.1 Å². The monoisotopic (exact) mass is 301 g/mol. The quantitative estimate of drug-likeness (QED) is 0.691. The van der Waals surface area contributed by atoms with Gasteiger partial charge in [0, 0.05) is 12.4 Å². The largest absolute Gasteiger partial charge is 0.448 e. The average molecular weight is 302 g/mol. The third kappa shape index (κ3) is 1.71. The maximum absolute atomic E-state index is 8.94. The molecule has 0 amide bonds. The highest BCUT2D eigenvalue weighted by Gasteiger charge is 2.10. The summed E-state index contributed by atoms with van der Waals surface area (Å²) in [5, 5.41) is 8.94. The van der Waals surface area contributed by atoms with Crippen molar-refractivity contribution in [1.29, 1.82) is 5.26 Å². The van der Waals surface area contributed by atoms with E-state index in [0.717, 1.165) is 16.9 Å². The van der Waals surface area contributed by atoms with Crippen LogP contribution in [-0.2, 0) is 0 Å². The number of fused-ring (bicyclic) bond motifs is 1. The molecule has 0 bridgehead atoms. The van der Waals surface area contributed by atoms with Crippen LogP contribution in [-0.4, -0.2) is 9.38 Å². The predicted octanol–water partition coefficient (Wildman–Crippen LogP) is 3.54. The summed E-state index contributed by atoms with van der Waals surface area (Å²) in [6.07, 6.45) is 3.62. The molecule has 0 unspecified atom stereocenters. The third-order valence-electron chi connectivity index (χ3n) is 2.69. The molecular formula is C13H8BrN3O. The van der Waals surface area contributed by atoms with Gasteiger partial charge in [-0.15, -0.1) is 0 Å². The molecule has 88 valence electrons. The van der Waals surface area contributed by atoms with Gasteiger partial charge in [-0.1, -0.05) is 0 Å². The summed E-state index contributed by atoms with van der Waals surface area (Å²) in [4.78, 5) is 4.51. The molecule has 0 aliphatic rings. The lowest BCUT2D eigenvalue weighted by atomic mass is 10.2. The molecule has 0 saturated heterocycles. The van der Waals surface area contributed by atoms with E-state index in [1.54, 1.807) is 6.20 Å². The Hall–Kier alpha value is -2.06. The minimum absolute atomic E-state index is 0.615. The number of pyridine rings is 1. The highest BCUT2D eigenvalue weighted by atomic mass is 79.9. The van der Waals surface area contributed by atoms with E-state index in [-0.39, 0.29) is 0 Å². The fourth-order valence-electron chi connectivity index (χ4n) is 1.90.